The van der Waals surface area contributed by atoms with Crippen LogP contribution in [0.2, 0.25) is 5.15 Å². The lowest BCUT2D eigenvalue weighted by molar-refractivity contribution is 0.199. The second-order valence-electron chi connectivity index (χ2n) is 5.93. The van der Waals surface area contributed by atoms with Crippen LogP contribution >= 0.6 is 11.6 Å². The van der Waals surface area contributed by atoms with E-state index in [4.69, 9.17) is 11.6 Å². The highest BCUT2D eigenvalue weighted by atomic mass is 35.5. The van der Waals surface area contributed by atoms with Crippen molar-refractivity contribution in [2.24, 2.45) is 0 Å². The Morgan fingerprint density at radius 1 is 1.04 bits per heavy atom. The Labute approximate surface area is 150 Å². The Balaban J connectivity index is 1.82. The summed E-state index contributed by atoms with van der Waals surface area (Å²) in [6, 6.07) is 17.7. The van der Waals surface area contributed by atoms with Crippen LogP contribution < -0.4 is 0 Å². The van der Waals surface area contributed by atoms with Crippen LogP contribution in [0.4, 0.5) is 0 Å². The Bertz CT molecular complexity index is 1060. The molecule has 124 valence electrons. The van der Waals surface area contributed by atoms with Crippen molar-refractivity contribution in [3.63, 3.8) is 0 Å². The maximum Gasteiger partial charge on any atom is 0.136 e. The van der Waals surface area contributed by atoms with Crippen LogP contribution in [0.3, 0.4) is 0 Å². The number of benzene rings is 2. The maximum atomic E-state index is 9.74. The summed E-state index contributed by atoms with van der Waals surface area (Å²) in [6.07, 6.45) is 2.96. The number of hydrogen-bond donors (Lipinski definition) is 1. The van der Waals surface area contributed by atoms with Gasteiger partial charge in [0, 0.05) is 17.4 Å². The third-order valence-electron chi connectivity index (χ3n) is 4.25. The number of hydrogen-bond acceptors (Lipinski definition) is 3. The zero-order chi connectivity index (χ0) is 17.4. The maximum absolute atomic E-state index is 9.74. The molecule has 2 aromatic heterocycles. The predicted molar refractivity (Wildman–Crippen MR) is 99.9 cm³/mol. The molecule has 25 heavy (non-hydrogen) atoms. The van der Waals surface area contributed by atoms with Gasteiger partial charge in [-0.05, 0) is 54.4 Å². The number of nitrogens with zero attached hydrogens (tertiary/aromatic N) is 3. The fraction of sp³-hybridized carbons (Fsp3) is 0.100. The molecule has 0 aliphatic rings. The molecule has 0 aliphatic heterocycles. The molecule has 4 rings (SSSR count). The molecule has 5 heteroatoms. The molecule has 4 aromatic rings. The van der Waals surface area contributed by atoms with Gasteiger partial charge in [-0.25, -0.2) is 9.97 Å². The molecule has 2 aromatic carbocycles. The third-order valence-corrected chi connectivity index (χ3v) is 4.55. The largest absolute Gasteiger partial charge is 0.389 e. The first-order chi connectivity index (χ1) is 12.1. The monoisotopic (exact) mass is 349 g/mol. The Kier molecular flexibility index (Phi) is 3.99. The van der Waals surface area contributed by atoms with Crippen LogP contribution in [0.5, 0.6) is 0 Å². The molecular formula is C20H16ClN3O. The molecule has 0 unspecified atom stereocenters. The van der Waals surface area contributed by atoms with Crippen molar-refractivity contribution < 1.29 is 5.11 Å². The van der Waals surface area contributed by atoms with Gasteiger partial charge in [0.1, 0.15) is 11.5 Å². The second kappa shape index (κ2) is 6.31. The van der Waals surface area contributed by atoms with E-state index in [2.05, 4.69) is 16.0 Å². The van der Waals surface area contributed by atoms with E-state index in [0.29, 0.717) is 5.15 Å². The van der Waals surface area contributed by atoms with Crippen molar-refractivity contribution in [1.29, 1.82) is 0 Å². The highest BCUT2D eigenvalue weighted by Gasteiger charge is 2.10. The molecule has 0 radical (unpaired) electrons. The van der Waals surface area contributed by atoms with Gasteiger partial charge in [-0.1, -0.05) is 29.8 Å². The van der Waals surface area contributed by atoms with Crippen LogP contribution in [-0.2, 0) is 0 Å². The van der Waals surface area contributed by atoms with Gasteiger partial charge in [0.15, 0.2) is 0 Å². The van der Waals surface area contributed by atoms with Crippen LogP contribution in [0.1, 0.15) is 18.6 Å². The molecule has 1 N–H and O–H groups in total. The standard InChI is InChI=1S/C20H16ClN3O/c1-13(25)14-7-8-19-18(11-14)23-12-24(19)16-5-2-4-15(10-16)17-6-3-9-22-20(17)21/h2-13,25H,1H3/t13-/m1/s1. The number of fused-ring (bicyclic) bond motifs is 1. The summed E-state index contributed by atoms with van der Waals surface area (Å²) in [7, 11) is 0. The van der Waals surface area contributed by atoms with Gasteiger partial charge in [0.05, 0.1) is 17.1 Å². The molecule has 0 amide bonds. The molecule has 1 atom stereocenters. The molecule has 0 bridgehead atoms. The Hall–Kier alpha value is -2.69. The van der Waals surface area contributed by atoms with Crippen LogP contribution in [0.15, 0.2) is 67.1 Å². The van der Waals surface area contributed by atoms with E-state index in [-0.39, 0.29) is 0 Å². The summed E-state index contributed by atoms with van der Waals surface area (Å²) in [5.74, 6) is 0. The average Bonchev–Trinajstić information content (AvgIpc) is 3.05. The van der Waals surface area contributed by atoms with E-state index in [0.717, 1.165) is 33.4 Å². The second-order valence-corrected chi connectivity index (χ2v) is 6.29. The van der Waals surface area contributed by atoms with E-state index in [9.17, 15) is 5.11 Å². The minimum atomic E-state index is -0.509. The molecule has 0 fully saturated rings. The first kappa shape index (κ1) is 15.8. The number of aliphatic hydroxyl groups excluding tert-OH is 1. The first-order valence-electron chi connectivity index (χ1n) is 8.00. The molecule has 0 saturated heterocycles. The topological polar surface area (TPSA) is 50.9 Å². The molecule has 4 nitrogen and oxygen atoms in total. The van der Waals surface area contributed by atoms with Crippen molar-refractivity contribution in [2.75, 3.05) is 0 Å². The van der Waals surface area contributed by atoms with Crippen molar-refractivity contribution in [3.05, 3.63) is 77.8 Å². The third kappa shape index (κ3) is 2.90. The van der Waals surface area contributed by atoms with E-state index in [1.807, 2.05) is 53.1 Å². The summed E-state index contributed by atoms with van der Waals surface area (Å²) < 4.78 is 2.02. The summed E-state index contributed by atoms with van der Waals surface area (Å²) >= 11 is 6.22. The quantitative estimate of drug-likeness (QED) is 0.541. The van der Waals surface area contributed by atoms with Gasteiger partial charge in [0.2, 0.25) is 0 Å². The lowest BCUT2D eigenvalue weighted by Crippen LogP contribution is -1.94. The Morgan fingerprint density at radius 2 is 1.92 bits per heavy atom. The van der Waals surface area contributed by atoms with Gasteiger partial charge in [-0.2, -0.15) is 0 Å². The van der Waals surface area contributed by atoms with Crippen molar-refractivity contribution >= 4 is 22.6 Å². The molecule has 2 heterocycles. The molecule has 0 aliphatic carbocycles. The summed E-state index contributed by atoms with van der Waals surface area (Å²) in [5.41, 5.74) is 5.57. The number of aliphatic hydroxyl groups is 1. The number of rotatable bonds is 3. The molecule has 0 saturated carbocycles. The van der Waals surface area contributed by atoms with Gasteiger partial charge in [-0.3, -0.25) is 4.57 Å². The Morgan fingerprint density at radius 3 is 2.72 bits per heavy atom. The van der Waals surface area contributed by atoms with Crippen molar-refractivity contribution in [1.82, 2.24) is 14.5 Å². The first-order valence-corrected chi connectivity index (χ1v) is 8.37. The van der Waals surface area contributed by atoms with Crippen LogP contribution in [-0.4, -0.2) is 19.6 Å². The molecular weight excluding hydrogens is 334 g/mol. The van der Waals surface area contributed by atoms with Crippen molar-refractivity contribution in [2.45, 2.75) is 13.0 Å². The van der Waals surface area contributed by atoms with Crippen molar-refractivity contribution in [3.8, 4) is 16.8 Å². The summed E-state index contributed by atoms with van der Waals surface area (Å²) in [4.78, 5) is 8.62. The van der Waals surface area contributed by atoms with E-state index in [1.54, 1.807) is 19.4 Å². The number of pyridine rings is 1. The SMILES string of the molecule is C[C@@H](O)c1ccc2c(c1)ncn2-c1cccc(-c2cccnc2Cl)c1. The van der Waals surface area contributed by atoms with E-state index >= 15 is 0 Å². The normalized spacial score (nSPS) is 12.4. The minimum Gasteiger partial charge on any atom is -0.389 e. The van der Waals surface area contributed by atoms with Gasteiger partial charge in [0.25, 0.3) is 0 Å². The van der Waals surface area contributed by atoms with E-state index < -0.39 is 6.10 Å². The summed E-state index contributed by atoms with van der Waals surface area (Å²) in [6.45, 7) is 1.75. The average molecular weight is 350 g/mol. The fourth-order valence-electron chi connectivity index (χ4n) is 2.92. The van der Waals surface area contributed by atoms with E-state index in [1.165, 1.54) is 0 Å². The number of halogens is 1. The zero-order valence-electron chi connectivity index (χ0n) is 13.6. The minimum absolute atomic E-state index is 0.483. The lowest BCUT2D eigenvalue weighted by atomic mass is 10.1. The highest BCUT2D eigenvalue weighted by molar-refractivity contribution is 6.32. The molecule has 0 spiro atoms. The lowest BCUT2D eigenvalue weighted by Gasteiger charge is -2.09. The highest BCUT2D eigenvalue weighted by Crippen LogP contribution is 2.29. The fourth-order valence-corrected chi connectivity index (χ4v) is 3.15. The van der Waals surface area contributed by atoms with Crippen LogP contribution in [0, 0.1) is 0 Å². The summed E-state index contributed by atoms with van der Waals surface area (Å²) in [5, 5.41) is 10.2. The van der Waals surface area contributed by atoms with Crippen LogP contribution in [0.25, 0.3) is 27.8 Å². The van der Waals surface area contributed by atoms with Gasteiger partial charge >= 0.3 is 0 Å². The predicted octanol–water partition coefficient (Wildman–Crippen LogP) is 4.79. The number of aromatic nitrogens is 3. The van der Waals surface area contributed by atoms with Gasteiger partial charge < -0.3 is 5.11 Å². The number of imidazole rings is 1. The smallest absolute Gasteiger partial charge is 0.136 e. The zero-order valence-corrected chi connectivity index (χ0v) is 14.4. The van der Waals surface area contributed by atoms with Gasteiger partial charge in [-0.15, -0.1) is 0 Å².